The van der Waals surface area contributed by atoms with Gasteiger partial charge >= 0.3 is 5.69 Å². The number of fused-ring (bicyclic) bond motifs is 2. The first kappa shape index (κ1) is 11.5. The fourth-order valence-electron chi connectivity index (χ4n) is 2.99. The molecule has 18 heavy (non-hydrogen) atoms. The Hall–Kier alpha value is -1.63. The van der Waals surface area contributed by atoms with Crippen molar-refractivity contribution in [3.05, 3.63) is 15.8 Å². The van der Waals surface area contributed by atoms with Crippen LogP contribution in [0.2, 0.25) is 0 Å². The van der Waals surface area contributed by atoms with Gasteiger partial charge in [-0.25, -0.2) is 4.68 Å². The largest absolute Gasteiger partial charge is 0.373 e. The summed E-state index contributed by atoms with van der Waals surface area (Å²) in [5, 5.41) is 18.4. The first-order valence-corrected chi connectivity index (χ1v) is 6.16. The second-order valence-electron chi connectivity index (χ2n) is 5.02. The van der Waals surface area contributed by atoms with Crippen LogP contribution in [0.5, 0.6) is 0 Å². The van der Waals surface area contributed by atoms with Gasteiger partial charge in [-0.2, -0.15) is 5.10 Å². The topological polar surface area (TPSA) is 82.2 Å². The van der Waals surface area contributed by atoms with Gasteiger partial charge in [-0.15, -0.1) is 0 Å². The van der Waals surface area contributed by atoms with Crippen LogP contribution in [0.1, 0.15) is 25.0 Å². The smallest absolute Gasteiger partial charge is 0.333 e. The molecule has 3 rings (SSSR count). The summed E-state index contributed by atoms with van der Waals surface area (Å²) in [4.78, 5) is 10.7. The molecule has 2 aliphatic rings. The molecule has 7 nitrogen and oxygen atoms in total. The SMILES string of the molecule is Cc1nn(C)c(NC2CC3CCC2O3)c1[N+](=O)[O-]. The molecule has 0 spiro atoms. The molecule has 2 aliphatic heterocycles. The van der Waals surface area contributed by atoms with E-state index >= 15 is 0 Å². The average Bonchev–Trinajstić information content (AvgIpc) is 2.94. The zero-order chi connectivity index (χ0) is 12.9. The molecular formula is C11H16N4O3. The number of hydrogen-bond donors (Lipinski definition) is 1. The van der Waals surface area contributed by atoms with Crippen molar-refractivity contribution in [1.29, 1.82) is 0 Å². The number of ether oxygens (including phenoxy) is 1. The number of nitrogens with zero attached hydrogens (tertiary/aromatic N) is 3. The van der Waals surface area contributed by atoms with Crippen LogP contribution in [-0.2, 0) is 11.8 Å². The summed E-state index contributed by atoms with van der Waals surface area (Å²) < 4.78 is 7.28. The molecule has 2 fully saturated rings. The van der Waals surface area contributed by atoms with E-state index in [1.807, 2.05) is 0 Å². The zero-order valence-electron chi connectivity index (χ0n) is 10.4. The number of aromatic nitrogens is 2. The zero-order valence-corrected chi connectivity index (χ0v) is 10.4. The molecule has 1 aromatic rings. The van der Waals surface area contributed by atoms with Crippen LogP contribution in [-0.4, -0.2) is 33.0 Å². The maximum Gasteiger partial charge on any atom is 0.333 e. The summed E-state index contributed by atoms with van der Waals surface area (Å²) in [6.45, 7) is 1.65. The van der Waals surface area contributed by atoms with Gasteiger partial charge in [0.1, 0.15) is 5.69 Å². The molecule has 0 aliphatic carbocycles. The van der Waals surface area contributed by atoms with E-state index in [1.165, 1.54) is 0 Å². The Bertz CT molecular complexity index is 499. The van der Waals surface area contributed by atoms with E-state index in [0.29, 0.717) is 17.6 Å². The van der Waals surface area contributed by atoms with Crippen LogP contribution < -0.4 is 5.32 Å². The molecule has 3 unspecified atom stereocenters. The monoisotopic (exact) mass is 252 g/mol. The van der Waals surface area contributed by atoms with Gasteiger partial charge in [-0.1, -0.05) is 0 Å². The summed E-state index contributed by atoms with van der Waals surface area (Å²) in [6.07, 6.45) is 3.57. The lowest BCUT2D eigenvalue weighted by molar-refractivity contribution is -0.384. The third kappa shape index (κ3) is 1.66. The normalized spacial score (nSPS) is 29.8. The number of nitro groups is 1. The van der Waals surface area contributed by atoms with Crippen molar-refractivity contribution < 1.29 is 9.66 Å². The van der Waals surface area contributed by atoms with Gasteiger partial charge in [-0.3, -0.25) is 10.1 Å². The van der Waals surface area contributed by atoms with Crippen molar-refractivity contribution in [3.63, 3.8) is 0 Å². The number of aryl methyl sites for hydroxylation is 2. The first-order chi connectivity index (χ1) is 8.56. The van der Waals surface area contributed by atoms with Crippen LogP contribution in [0.4, 0.5) is 11.5 Å². The summed E-state index contributed by atoms with van der Waals surface area (Å²) in [5.74, 6) is 0.485. The van der Waals surface area contributed by atoms with Crippen LogP contribution in [0, 0.1) is 17.0 Å². The lowest BCUT2D eigenvalue weighted by Crippen LogP contribution is -2.31. The lowest BCUT2D eigenvalue weighted by Gasteiger charge is -2.20. The third-order valence-electron chi connectivity index (χ3n) is 3.80. The Balaban J connectivity index is 1.86. The van der Waals surface area contributed by atoms with E-state index in [4.69, 9.17) is 4.74 Å². The maximum atomic E-state index is 11.1. The van der Waals surface area contributed by atoms with E-state index < -0.39 is 0 Å². The van der Waals surface area contributed by atoms with Gasteiger partial charge in [0.2, 0.25) is 5.82 Å². The molecule has 2 saturated heterocycles. The predicted molar refractivity (Wildman–Crippen MR) is 64.5 cm³/mol. The fourth-order valence-corrected chi connectivity index (χ4v) is 2.99. The van der Waals surface area contributed by atoms with E-state index in [-0.39, 0.29) is 22.8 Å². The molecule has 0 aromatic carbocycles. The highest BCUT2D eigenvalue weighted by Gasteiger charge is 2.42. The number of rotatable bonds is 3. The third-order valence-corrected chi connectivity index (χ3v) is 3.80. The molecule has 1 aromatic heterocycles. The minimum absolute atomic E-state index is 0.0697. The van der Waals surface area contributed by atoms with Crippen LogP contribution >= 0.6 is 0 Å². The van der Waals surface area contributed by atoms with Gasteiger partial charge in [-0.05, 0) is 26.2 Å². The van der Waals surface area contributed by atoms with E-state index in [0.717, 1.165) is 19.3 Å². The van der Waals surface area contributed by atoms with E-state index in [2.05, 4.69) is 10.4 Å². The van der Waals surface area contributed by atoms with Gasteiger partial charge in [0.05, 0.1) is 23.2 Å². The maximum absolute atomic E-state index is 11.1. The quantitative estimate of drug-likeness (QED) is 0.649. The predicted octanol–water partition coefficient (Wildman–Crippen LogP) is 1.37. The van der Waals surface area contributed by atoms with Crippen molar-refractivity contribution in [2.45, 2.75) is 44.4 Å². The molecule has 2 bridgehead atoms. The standard InChI is InChI=1S/C11H16N4O3/c1-6-10(15(16)17)11(14(2)13-6)12-8-5-7-3-4-9(8)18-7/h7-9,12H,3-5H2,1-2H3. The molecular weight excluding hydrogens is 236 g/mol. The Morgan fingerprint density at radius 2 is 2.33 bits per heavy atom. The van der Waals surface area contributed by atoms with E-state index in [9.17, 15) is 10.1 Å². The average molecular weight is 252 g/mol. The molecule has 7 heteroatoms. The number of anilines is 1. The van der Waals surface area contributed by atoms with Gasteiger partial charge in [0.15, 0.2) is 0 Å². The van der Waals surface area contributed by atoms with Crippen molar-refractivity contribution in [2.75, 3.05) is 5.32 Å². The van der Waals surface area contributed by atoms with Crippen LogP contribution in [0.15, 0.2) is 0 Å². The van der Waals surface area contributed by atoms with Crippen molar-refractivity contribution in [1.82, 2.24) is 9.78 Å². The van der Waals surface area contributed by atoms with Crippen molar-refractivity contribution in [2.24, 2.45) is 7.05 Å². The summed E-state index contributed by atoms with van der Waals surface area (Å²) in [5.41, 5.74) is 0.509. The van der Waals surface area contributed by atoms with Gasteiger partial charge in [0.25, 0.3) is 0 Å². The molecule has 3 atom stereocenters. The molecule has 0 saturated carbocycles. The highest BCUT2D eigenvalue weighted by Crippen LogP contribution is 2.37. The Kier molecular flexibility index (Phi) is 2.51. The second kappa shape index (κ2) is 3.94. The summed E-state index contributed by atoms with van der Waals surface area (Å²) in [6, 6.07) is 0.164. The Morgan fingerprint density at radius 3 is 2.89 bits per heavy atom. The second-order valence-corrected chi connectivity index (χ2v) is 5.02. The highest BCUT2D eigenvalue weighted by atomic mass is 16.6. The minimum Gasteiger partial charge on any atom is -0.373 e. The molecule has 3 heterocycles. The van der Waals surface area contributed by atoms with E-state index in [1.54, 1.807) is 18.7 Å². The van der Waals surface area contributed by atoms with Crippen LogP contribution in [0.3, 0.4) is 0 Å². The molecule has 1 N–H and O–H groups in total. The lowest BCUT2D eigenvalue weighted by atomic mass is 9.95. The number of nitrogens with one attached hydrogen (secondary N) is 1. The van der Waals surface area contributed by atoms with Crippen LogP contribution in [0.25, 0.3) is 0 Å². The van der Waals surface area contributed by atoms with Crippen molar-refractivity contribution in [3.8, 4) is 0 Å². The highest BCUT2D eigenvalue weighted by molar-refractivity contribution is 5.60. The summed E-state index contributed by atoms with van der Waals surface area (Å²) in [7, 11) is 1.72. The van der Waals surface area contributed by atoms with Gasteiger partial charge < -0.3 is 10.1 Å². The summed E-state index contributed by atoms with van der Waals surface area (Å²) >= 11 is 0. The number of hydrogen-bond acceptors (Lipinski definition) is 5. The van der Waals surface area contributed by atoms with Gasteiger partial charge in [0, 0.05) is 7.05 Å². The minimum atomic E-state index is -0.376. The fraction of sp³-hybridized carbons (Fsp3) is 0.727. The first-order valence-electron chi connectivity index (χ1n) is 6.16. The van der Waals surface area contributed by atoms with Crippen molar-refractivity contribution >= 4 is 11.5 Å². The molecule has 98 valence electrons. The molecule has 0 radical (unpaired) electrons. The Morgan fingerprint density at radius 1 is 1.56 bits per heavy atom. The molecule has 0 amide bonds. The Labute approximate surface area is 104 Å².